The van der Waals surface area contributed by atoms with Gasteiger partial charge in [-0.3, -0.25) is 9.97 Å². The van der Waals surface area contributed by atoms with E-state index in [0.717, 1.165) is 22.5 Å². The van der Waals surface area contributed by atoms with Gasteiger partial charge in [0.15, 0.2) is 0 Å². The minimum Gasteiger partial charge on any atom is -0.344 e. The molecule has 2 aromatic carbocycles. The van der Waals surface area contributed by atoms with Gasteiger partial charge in [0.2, 0.25) is 0 Å². The van der Waals surface area contributed by atoms with Crippen LogP contribution in [0.15, 0.2) is 85.2 Å². The maximum absolute atomic E-state index is 4.49. The van der Waals surface area contributed by atoms with Gasteiger partial charge in [-0.2, -0.15) is 0 Å². The molecule has 0 radical (unpaired) electrons. The predicted molar refractivity (Wildman–Crippen MR) is 107 cm³/mol. The van der Waals surface area contributed by atoms with Crippen LogP contribution in [0.4, 0.5) is 0 Å². The Hall–Kier alpha value is -3.46. The van der Waals surface area contributed by atoms with Gasteiger partial charge >= 0.3 is 0 Å². The molecule has 3 heteroatoms. The molecule has 0 aliphatic heterocycles. The quantitative estimate of drug-likeness (QED) is 0.429. The van der Waals surface area contributed by atoms with E-state index in [0.29, 0.717) is 0 Å². The van der Waals surface area contributed by atoms with E-state index in [1.165, 1.54) is 21.8 Å². The Kier molecular flexibility index (Phi) is 3.32. The highest BCUT2D eigenvalue weighted by Crippen LogP contribution is 2.33. The summed E-state index contributed by atoms with van der Waals surface area (Å²) in [5.74, 6) is 0. The number of fused-ring (bicyclic) bond motifs is 3. The molecule has 0 saturated carbocycles. The molecule has 5 rings (SSSR count). The highest BCUT2D eigenvalue weighted by atomic mass is 14.9. The number of pyridine rings is 2. The first-order valence-electron chi connectivity index (χ1n) is 8.66. The van der Waals surface area contributed by atoms with Crippen LogP contribution in [-0.2, 0) is 7.05 Å². The highest BCUT2D eigenvalue weighted by molar-refractivity contribution is 6.10. The maximum Gasteiger partial charge on any atom is 0.0702 e. The molecule has 0 saturated heterocycles. The van der Waals surface area contributed by atoms with Crippen LogP contribution in [0.1, 0.15) is 0 Å². The van der Waals surface area contributed by atoms with E-state index in [9.17, 15) is 0 Å². The SMILES string of the molecule is Cn1c2ccc(-c3ccccn3)cc2c2cc(-c3ccccn3)ccc21. The molecule has 0 bridgehead atoms. The summed E-state index contributed by atoms with van der Waals surface area (Å²) in [7, 11) is 2.12. The Morgan fingerprint density at radius 3 is 1.54 bits per heavy atom. The van der Waals surface area contributed by atoms with Crippen molar-refractivity contribution in [3.63, 3.8) is 0 Å². The highest BCUT2D eigenvalue weighted by Gasteiger charge is 2.11. The minimum absolute atomic E-state index is 0.993. The zero-order chi connectivity index (χ0) is 17.5. The van der Waals surface area contributed by atoms with Crippen LogP contribution < -0.4 is 0 Å². The van der Waals surface area contributed by atoms with E-state index in [1.807, 2.05) is 48.8 Å². The first kappa shape index (κ1) is 14.8. The van der Waals surface area contributed by atoms with Gasteiger partial charge in [0.1, 0.15) is 0 Å². The number of nitrogens with zero attached hydrogens (tertiary/aromatic N) is 3. The van der Waals surface area contributed by atoms with E-state index in [4.69, 9.17) is 0 Å². The fourth-order valence-electron chi connectivity index (χ4n) is 3.60. The molecule has 0 atom stereocenters. The zero-order valence-electron chi connectivity index (χ0n) is 14.4. The summed E-state index contributed by atoms with van der Waals surface area (Å²) in [6, 6.07) is 25.1. The summed E-state index contributed by atoms with van der Waals surface area (Å²) in [6.45, 7) is 0. The summed E-state index contributed by atoms with van der Waals surface area (Å²) in [5.41, 5.74) is 6.69. The number of aryl methyl sites for hydroxylation is 1. The van der Waals surface area contributed by atoms with E-state index >= 15 is 0 Å². The second-order valence-corrected chi connectivity index (χ2v) is 6.45. The van der Waals surface area contributed by atoms with Crippen molar-refractivity contribution < 1.29 is 0 Å². The lowest BCUT2D eigenvalue weighted by atomic mass is 10.0. The third-order valence-electron chi connectivity index (χ3n) is 4.93. The lowest BCUT2D eigenvalue weighted by Crippen LogP contribution is -1.87. The largest absolute Gasteiger partial charge is 0.344 e. The molecule has 0 N–H and O–H groups in total. The van der Waals surface area contributed by atoms with Gasteiger partial charge in [-0.25, -0.2) is 0 Å². The van der Waals surface area contributed by atoms with Crippen LogP contribution in [0, 0.1) is 0 Å². The summed E-state index contributed by atoms with van der Waals surface area (Å²) in [6.07, 6.45) is 3.67. The molecule has 3 heterocycles. The molecule has 0 aliphatic carbocycles. The average Bonchev–Trinajstić information content (AvgIpc) is 3.01. The fraction of sp³-hybridized carbons (Fsp3) is 0.0435. The van der Waals surface area contributed by atoms with Crippen LogP contribution in [-0.4, -0.2) is 14.5 Å². The molecule has 124 valence electrons. The van der Waals surface area contributed by atoms with Crippen LogP contribution in [0.3, 0.4) is 0 Å². The Bertz CT molecular complexity index is 1130. The van der Waals surface area contributed by atoms with Gasteiger partial charge < -0.3 is 4.57 Å². The smallest absolute Gasteiger partial charge is 0.0702 e. The van der Waals surface area contributed by atoms with E-state index in [1.54, 1.807) is 0 Å². The molecule has 3 nitrogen and oxygen atoms in total. The van der Waals surface area contributed by atoms with E-state index < -0.39 is 0 Å². The molecule has 0 amide bonds. The topological polar surface area (TPSA) is 30.7 Å². The summed E-state index contributed by atoms with van der Waals surface area (Å²) < 4.78 is 2.25. The first-order chi connectivity index (χ1) is 12.8. The van der Waals surface area contributed by atoms with Crippen molar-refractivity contribution in [1.29, 1.82) is 0 Å². The fourth-order valence-corrected chi connectivity index (χ4v) is 3.60. The molecule has 5 aromatic rings. The number of benzene rings is 2. The molecule has 0 unspecified atom stereocenters. The Morgan fingerprint density at radius 1 is 0.615 bits per heavy atom. The number of rotatable bonds is 2. The van der Waals surface area contributed by atoms with E-state index in [-0.39, 0.29) is 0 Å². The van der Waals surface area contributed by atoms with Crippen molar-refractivity contribution in [3.8, 4) is 22.5 Å². The van der Waals surface area contributed by atoms with Crippen molar-refractivity contribution >= 4 is 21.8 Å². The van der Waals surface area contributed by atoms with Crippen LogP contribution in [0.25, 0.3) is 44.3 Å². The van der Waals surface area contributed by atoms with Gasteiger partial charge in [0.25, 0.3) is 0 Å². The average molecular weight is 335 g/mol. The molecule has 0 spiro atoms. The number of aromatic nitrogens is 3. The van der Waals surface area contributed by atoms with Gasteiger partial charge in [-0.05, 0) is 48.5 Å². The van der Waals surface area contributed by atoms with Crippen molar-refractivity contribution in [3.05, 3.63) is 85.2 Å². The molecule has 3 aromatic heterocycles. The third-order valence-corrected chi connectivity index (χ3v) is 4.93. The Morgan fingerprint density at radius 2 is 1.12 bits per heavy atom. The van der Waals surface area contributed by atoms with Gasteiger partial charge in [-0.1, -0.05) is 24.3 Å². The van der Waals surface area contributed by atoms with Gasteiger partial charge in [0.05, 0.1) is 11.4 Å². The summed E-state index contributed by atoms with van der Waals surface area (Å²) in [5, 5.41) is 2.48. The van der Waals surface area contributed by atoms with Gasteiger partial charge in [0, 0.05) is 52.4 Å². The number of hydrogen-bond donors (Lipinski definition) is 0. The molecular formula is C23H17N3. The molecule has 26 heavy (non-hydrogen) atoms. The van der Waals surface area contributed by atoms with Crippen molar-refractivity contribution in [2.75, 3.05) is 0 Å². The standard InChI is InChI=1S/C23H17N3/c1-26-22-10-8-16(20-6-2-4-12-24-20)14-18(22)19-15-17(9-11-23(19)26)21-7-3-5-13-25-21/h2-15H,1H3. The normalized spacial score (nSPS) is 11.3. The molecular weight excluding hydrogens is 318 g/mol. The Balaban J connectivity index is 1.78. The third kappa shape index (κ3) is 2.29. The van der Waals surface area contributed by atoms with Crippen molar-refractivity contribution in [2.24, 2.45) is 7.05 Å². The predicted octanol–water partition coefficient (Wildman–Crippen LogP) is 5.46. The van der Waals surface area contributed by atoms with Crippen molar-refractivity contribution in [1.82, 2.24) is 14.5 Å². The molecule has 0 aliphatic rings. The summed E-state index contributed by atoms with van der Waals surface area (Å²) in [4.78, 5) is 8.98. The van der Waals surface area contributed by atoms with E-state index in [2.05, 4.69) is 58.0 Å². The van der Waals surface area contributed by atoms with Crippen LogP contribution in [0.5, 0.6) is 0 Å². The lowest BCUT2D eigenvalue weighted by molar-refractivity contribution is 1.01. The second kappa shape index (κ2) is 5.81. The lowest BCUT2D eigenvalue weighted by Gasteiger charge is -2.02. The Labute approximate surface area is 151 Å². The monoisotopic (exact) mass is 335 g/mol. The molecule has 0 fully saturated rings. The number of hydrogen-bond acceptors (Lipinski definition) is 2. The van der Waals surface area contributed by atoms with Crippen LogP contribution in [0.2, 0.25) is 0 Å². The maximum atomic E-state index is 4.49. The van der Waals surface area contributed by atoms with Crippen LogP contribution >= 0.6 is 0 Å². The first-order valence-corrected chi connectivity index (χ1v) is 8.66. The zero-order valence-corrected chi connectivity index (χ0v) is 14.4. The van der Waals surface area contributed by atoms with Crippen molar-refractivity contribution in [2.45, 2.75) is 0 Å². The summed E-state index contributed by atoms with van der Waals surface area (Å²) >= 11 is 0. The minimum atomic E-state index is 0.993. The second-order valence-electron chi connectivity index (χ2n) is 6.45. The van der Waals surface area contributed by atoms with Gasteiger partial charge in [-0.15, -0.1) is 0 Å².